The minimum absolute atomic E-state index is 0.100. The van der Waals surface area contributed by atoms with Crippen molar-refractivity contribution in [3.05, 3.63) is 59.7 Å². The zero-order valence-corrected chi connectivity index (χ0v) is 17.3. The molecule has 156 valence electrons. The molecule has 30 heavy (non-hydrogen) atoms. The first-order valence-corrected chi connectivity index (χ1v) is 11.3. The van der Waals surface area contributed by atoms with E-state index in [0.29, 0.717) is 0 Å². The number of benzene rings is 2. The summed E-state index contributed by atoms with van der Waals surface area (Å²) in [6, 6.07) is 16.3. The van der Waals surface area contributed by atoms with Crippen molar-refractivity contribution < 1.29 is 9.59 Å². The Bertz CT molecular complexity index is 933. The lowest BCUT2D eigenvalue weighted by Gasteiger charge is -2.28. The fourth-order valence-electron chi connectivity index (χ4n) is 4.79. The van der Waals surface area contributed by atoms with E-state index in [4.69, 9.17) is 0 Å². The number of hydrogen-bond acceptors (Lipinski definition) is 3. The van der Waals surface area contributed by atoms with Crippen LogP contribution >= 0.6 is 0 Å². The third kappa shape index (κ3) is 3.81. The number of nitrogens with zero attached hydrogens (tertiary/aromatic N) is 2. The summed E-state index contributed by atoms with van der Waals surface area (Å²) in [7, 11) is 0. The molecule has 2 aliphatic heterocycles. The first-order valence-electron chi connectivity index (χ1n) is 11.3. The normalized spacial score (nSPS) is 21.1. The molecule has 5 heteroatoms. The SMILES string of the molecule is O=C(Nc1ccc(C(=O)N2CCC[C@H]2c2ccccc2)c(N2CCCC2)c1)C1CC1. The second-order valence-electron chi connectivity index (χ2n) is 8.76. The maximum Gasteiger partial charge on any atom is 0.256 e. The molecule has 5 rings (SSSR count). The molecule has 2 amide bonds. The summed E-state index contributed by atoms with van der Waals surface area (Å²) < 4.78 is 0. The first-order chi connectivity index (χ1) is 14.7. The molecule has 0 bridgehead atoms. The molecule has 2 aromatic carbocycles. The average molecular weight is 404 g/mol. The van der Waals surface area contributed by atoms with Gasteiger partial charge >= 0.3 is 0 Å². The minimum Gasteiger partial charge on any atom is -0.371 e. The molecule has 3 fully saturated rings. The van der Waals surface area contributed by atoms with Crippen LogP contribution in [0.5, 0.6) is 0 Å². The zero-order chi connectivity index (χ0) is 20.5. The standard InChI is InChI=1S/C25H29N3O2/c29-24(19-10-11-19)26-20-12-13-21(23(17-20)27-14-4-5-15-27)25(30)28-16-6-9-22(28)18-7-2-1-3-8-18/h1-3,7-8,12-13,17,19,22H,4-6,9-11,14-16H2,(H,26,29)/t22-/m0/s1. The van der Waals surface area contributed by atoms with Crippen molar-refractivity contribution in [1.29, 1.82) is 0 Å². The van der Waals surface area contributed by atoms with Gasteiger partial charge in [-0.25, -0.2) is 0 Å². The van der Waals surface area contributed by atoms with Gasteiger partial charge in [-0.1, -0.05) is 30.3 Å². The third-order valence-electron chi connectivity index (χ3n) is 6.59. The Morgan fingerprint density at radius 2 is 1.63 bits per heavy atom. The Balaban J connectivity index is 1.44. The van der Waals surface area contributed by atoms with Crippen LogP contribution in [0.25, 0.3) is 0 Å². The van der Waals surface area contributed by atoms with Gasteiger partial charge in [0, 0.05) is 31.2 Å². The molecule has 5 nitrogen and oxygen atoms in total. The molecular formula is C25H29N3O2. The monoisotopic (exact) mass is 403 g/mol. The molecule has 0 unspecified atom stereocenters. The Morgan fingerprint density at radius 3 is 2.37 bits per heavy atom. The van der Waals surface area contributed by atoms with Gasteiger partial charge in [-0.15, -0.1) is 0 Å². The van der Waals surface area contributed by atoms with Crippen LogP contribution < -0.4 is 10.2 Å². The number of rotatable bonds is 5. The van der Waals surface area contributed by atoms with E-state index in [1.165, 1.54) is 5.56 Å². The van der Waals surface area contributed by atoms with Crippen LogP contribution in [-0.4, -0.2) is 36.3 Å². The predicted octanol–water partition coefficient (Wildman–Crippen LogP) is 4.61. The minimum atomic E-state index is 0.100. The Labute approximate surface area is 178 Å². The Kier molecular flexibility index (Phi) is 5.19. The molecule has 2 saturated heterocycles. The van der Waals surface area contributed by atoms with Gasteiger partial charge in [0.25, 0.3) is 5.91 Å². The molecule has 1 aliphatic carbocycles. The summed E-state index contributed by atoms with van der Waals surface area (Å²) >= 11 is 0. The lowest BCUT2D eigenvalue weighted by Crippen LogP contribution is -2.32. The van der Waals surface area contributed by atoms with Crippen LogP contribution in [0.3, 0.4) is 0 Å². The van der Waals surface area contributed by atoms with E-state index in [1.54, 1.807) is 0 Å². The fourth-order valence-corrected chi connectivity index (χ4v) is 4.79. The molecule has 0 spiro atoms. The number of anilines is 2. The smallest absolute Gasteiger partial charge is 0.256 e. The molecule has 2 aromatic rings. The fraction of sp³-hybridized carbons (Fsp3) is 0.440. The van der Waals surface area contributed by atoms with Gasteiger partial charge in [0.15, 0.2) is 0 Å². The van der Waals surface area contributed by atoms with Crippen LogP contribution in [-0.2, 0) is 4.79 Å². The quantitative estimate of drug-likeness (QED) is 0.793. The van der Waals surface area contributed by atoms with Gasteiger partial charge in [-0.05, 0) is 62.3 Å². The highest BCUT2D eigenvalue weighted by atomic mass is 16.2. The average Bonchev–Trinajstić information content (AvgIpc) is 3.27. The molecule has 1 saturated carbocycles. The van der Waals surface area contributed by atoms with Gasteiger partial charge < -0.3 is 15.1 Å². The highest BCUT2D eigenvalue weighted by molar-refractivity contribution is 6.02. The Morgan fingerprint density at radius 1 is 0.867 bits per heavy atom. The first kappa shape index (κ1) is 19.2. The van der Waals surface area contributed by atoms with Gasteiger partial charge in [-0.2, -0.15) is 0 Å². The second-order valence-corrected chi connectivity index (χ2v) is 8.76. The number of carbonyl (C=O) groups excluding carboxylic acids is 2. The van der Waals surface area contributed by atoms with E-state index < -0.39 is 0 Å². The Hall–Kier alpha value is -2.82. The van der Waals surface area contributed by atoms with Gasteiger partial charge in [0.2, 0.25) is 5.91 Å². The third-order valence-corrected chi connectivity index (χ3v) is 6.59. The van der Waals surface area contributed by atoms with Crippen LogP contribution in [0, 0.1) is 5.92 Å². The van der Waals surface area contributed by atoms with Crippen LogP contribution in [0.4, 0.5) is 11.4 Å². The van der Waals surface area contributed by atoms with Crippen molar-refractivity contribution in [2.45, 2.75) is 44.6 Å². The summed E-state index contributed by atoms with van der Waals surface area (Å²) in [6.45, 7) is 2.71. The van der Waals surface area contributed by atoms with E-state index in [2.05, 4.69) is 22.3 Å². The topological polar surface area (TPSA) is 52.7 Å². The van der Waals surface area contributed by atoms with Crippen molar-refractivity contribution >= 4 is 23.2 Å². The van der Waals surface area contributed by atoms with Crippen LogP contribution in [0.2, 0.25) is 0 Å². The van der Waals surface area contributed by atoms with Crippen molar-refractivity contribution in [3.63, 3.8) is 0 Å². The van der Waals surface area contributed by atoms with E-state index in [9.17, 15) is 9.59 Å². The lowest BCUT2D eigenvalue weighted by molar-refractivity contribution is -0.117. The predicted molar refractivity (Wildman–Crippen MR) is 119 cm³/mol. The van der Waals surface area contributed by atoms with E-state index in [-0.39, 0.29) is 23.8 Å². The number of likely N-dealkylation sites (tertiary alicyclic amines) is 1. The van der Waals surface area contributed by atoms with E-state index >= 15 is 0 Å². The number of nitrogens with one attached hydrogen (secondary N) is 1. The van der Waals surface area contributed by atoms with Crippen molar-refractivity contribution in [2.24, 2.45) is 5.92 Å². The zero-order valence-electron chi connectivity index (χ0n) is 17.3. The largest absolute Gasteiger partial charge is 0.371 e. The van der Waals surface area contributed by atoms with E-state index in [0.717, 1.165) is 75.1 Å². The second kappa shape index (κ2) is 8.13. The molecule has 1 atom stereocenters. The number of amides is 2. The number of hydrogen-bond donors (Lipinski definition) is 1. The van der Waals surface area contributed by atoms with Crippen molar-refractivity contribution in [3.8, 4) is 0 Å². The van der Waals surface area contributed by atoms with Crippen LogP contribution in [0.1, 0.15) is 60.5 Å². The van der Waals surface area contributed by atoms with Gasteiger partial charge in [-0.3, -0.25) is 9.59 Å². The molecule has 2 heterocycles. The molecular weight excluding hydrogens is 374 g/mol. The van der Waals surface area contributed by atoms with Crippen LogP contribution in [0.15, 0.2) is 48.5 Å². The highest BCUT2D eigenvalue weighted by Gasteiger charge is 2.33. The molecule has 3 aliphatic rings. The summed E-state index contributed by atoms with van der Waals surface area (Å²) in [5.74, 6) is 0.367. The summed E-state index contributed by atoms with van der Waals surface area (Å²) in [5.41, 5.74) is 3.72. The summed E-state index contributed by atoms with van der Waals surface area (Å²) in [6.07, 6.45) is 6.28. The lowest BCUT2D eigenvalue weighted by atomic mass is 10.0. The molecule has 0 aromatic heterocycles. The number of carbonyl (C=O) groups is 2. The van der Waals surface area contributed by atoms with Gasteiger partial charge in [0.1, 0.15) is 0 Å². The van der Waals surface area contributed by atoms with Gasteiger partial charge in [0.05, 0.1) is 17.3 Å². The maximum absolute atomic E-state index is 13.7. The van der Waals surface area contributed by atoms with Crippen molar-refractivity contribution in [2.75, 3.05) is 29.9 Å². The van der Waals surface area contributed by atoms with E-state index in [1.807, 2.05) is 41.3 Å². The van der Waals surface area contributed by atoms with Crippen molar-refractivity contribution in [1.82, 2.24) is 4.90 Å². The molecule has 1 N–H and O–H groups in total. The maximum atomic E-state index is 13.7. The summed E-state index contributed by atoms with van der Waals surface area (Å²) in [4.78, 5) is 30.2. The highest BCUT2D eigenvalue weighted by Crippen LogP contribution is 2.37. The molecule has 0 radical (unpaired) electrons. The summed E-state index contributed by atoms with van der Waals surface area (Å²) in [5, 5.41) is 3.05.